The number of carbonyl (C=O) groups excluding carboxylic acids is 1. The number of phenols is 1. The molecule has 1 saturated carbocycles. The Kier molecular flexibility index (Phi) is 3.40. The standard InChI is InChI=1S/C15H15ClN2O2/c16-11-7-14(18(9-11)12-4-5-12)15(20)17-8-10-2-1-3-13(19)6-10/h1-3,6-7,9,12,19H,4-5,8H2,(H,17,20). The van der Waals surface area contributed by atoms with Crippen molar-refractivity contribution in [3.05, 3.63) is 52.8 Å². The van der Waals surface area contributed by atoms with Crippen LogP contribution in [0.2, 0.25) is 5.02 Å². The monoisotopic (exact) mass is 290 g/mol. The Balaban J connectivity index is 1.70. The largest absolute Gasteiger partial charge is 0.508 e. The molecule has 4 nitrogen and oxygen atoms in total. The second kappa shape index (κ2) is 5.21. The summed E-state index contributed by atoms with van der Waals surface area (Å²) in [6, 6.07) is 8.94. The third-order valence-corrected chi connectivity index (χ3v) is 3.56. The predicted octanol–water partition coefficient (Wildman–Crippen LogP) is 3.11. The highest BCUT2D eigenvalue weighted by molar-refractivity contribution is 6.31. The summed E-state index contributed by atoms with van der Waals surface area (Å²) in [5.74, 6) is 0.0493. The van der Waals surface area contributed by atoms with Gasteiger partial charge in [-0.1, -0.05) is 23.7 Å². The Bertz CT molecular complexity index is 647. The minimum Gasteiger partial charge on any atom is -0.508 e. The number of carbonyl (C=O) groups is 1. The van der Waals surface area contributed by atoms with E-state index in [-0.39, 0.29) is 11.7 Å². The molecule has 1 fully saturated rings. The summed E-state index contributed by atoms with van der Waals surface area (Å²) >= 11 is 5.99. The number of halogens is 1. The van der Waals surface area contributed by atoms with Gasteiger partial charge in [0.25, 0.3) is 5.91 Å². The molecule has 0 spiro atoms. The third-order valence-electron chi connectivity index (χ3n) is 3.35. The second-order valence-electron chi connectivity index (χ2n) is 5.03. The summed E-state index contributed by atoms with van der Waals surface area (Å²) in [5, 5.41) is 12.8. The highest BCUT2D eigenvalue weighted by Crippen LogP contribution is 2.37. The molecule has 1 heterocycles. The van der Waals surface area contributed by atoms with Gasteiger partial charge in [-0.25, -0.2) is 0 Å². The van der Waals surface area contributed by atoms with Gasteiger partial charge in [0, 0.05) is 18.8 Å². The van der Waals surface area contributed by atoms with Gasteiger partial charge in [-0.2, -0.15) is 0 Å². The molecule has 2 N–H and O–H groups in total. The van der Waals surface area contributed by atoms with E-state index < -0.39 is 0 Å². The van der Waals surface area contributed by atoms with Crippen LogP contribution in [0.4, 0.5) is 0 Å². The highest BCUT2D eigenvalue weighted by Gasteiger charge is 2.27. The van der Waals surface area contributed by atoms with Crippen LogP contribution in [0.15, 0.2) is 36.5 Å². The summed E-state index contributed by atoms with van der Waals surface area (Å²) in [6.45, 7) is 0.376. The molecule has 104 valence electrons. The number of nitrogens with one attached hydrogen (secondary N) is 1. The van der Waals surface area contributed by atoms with E-state index >= 15 is 0 Å². The van der Waals surface area contributed by atoms with Crippen molar-refractivity contribution in [2.45, 2.75) is 25.4 Å². The zero-order valence-electron chi connectivity index (χ0n) is 10.8. The number of aromatic nitrogens is 1. The molecule has 0 bridgehead atoms. The minimum absolute atomic E-state index is 0.146. The Hall–Kier alpha value is -1.94. The van der Waals surface area contributed by atoms with Gasteiger partial charge in [0.1, 0.15) is 11.4 Å². The van der Waals surface area contributed by atoms with Gasteiger partial charge >= 0.3 is 0 Å². The summed E-state index contributed by atoms with van der Waals surface area (Å²) in [4.78, 5) is 12.2. The van der Waals surface area contributed by atoms with Crippen LogP contribution in [0, 0.1) is 0 Å². The number of hydrogen-bond donors (Lipinski definition) is 2. The summed E-state index contributed by atoms with van der Waals surface area (Å²) in [5.41, 5.74) is 1.45. The van der Waals surface area contributed by atoms with Crippen LogP contribution in [0.3, 0.4) is 0 Å². The van der Waals surface area contributed by atoms with Crippen molar-refractivity contribution in [1.82, 2.24) is 9.88 Å². The van der Waals surface area contributed by atoms with Gasteiger partial charge in [0.15, 0.2) is 0 Å². The van der Waals surface area contributed by atoms with E-state index in [4.69, 9.17) is 11.6 Å². The van der Waals surface area contributed by atoms with Crippen LogP contribution in [-0.4, -0.2) is 15.6 Å². The first-order valence-electron chi connectivity index (χ1n) is 6.57. The van der Waals surface area contributed by atoms with Gasteiger partial charge in [0.2, 0.25) is 0 Å². The molecule has 1 amide bonds. The fraction of sp³-hybridized carbons (Fsp3) is 0.267. The van der Waals surface area contributed by atoms with E-state index in [0.717, 1.165) is 18.4 Å². The van der Waals surface area contributed by atoms with E-state index in [1.54, 1.807) is 24.3 Å². The quantitative estimate of drug-likeness (QED) is 0.909. The highest BCUT2D eigenvalue weighted by atomic mass is 35.5. The lowest BCUT2D eigenvalue weighted by Crippen LogP contribution is -2.25. The topological polar surface area (TPSA) is 54.3 Å². The SMILES string of the molecule is O=C(NCc1cccc(O)c1)c1cc(Cl)cn1C1CC1. The van der Waals surface area contributed by atoms with E-state index in [0.29, 0.717) is 23.3 Å². The molecule has 0 radical (unpaired) electrons. The van der Waals surface area contributed by atoms with Gasteiger partial charge < -0.3 is 15.0 Å². The van der Waals surface area contributed by atoms with E-state index in [1.165, 1.54) is 0 Å². The van der Waals surface area contributed by atoms with Crippen molar-refractivity contribution < 1.29 is 9.90 Å². The van der Waals surface area contributed by atoms with Gasteiger partial charge in [-0.15, -0.1) is 0 Å². The van der Waals surface area contributed by atoms with E-state index in [2.05, 4.69) is 5.32 Å². The minimum atomic E-state index is -0.146. The maximum atomic E-state index is 12.2. The Labute approximate surface area is 122 Å². The van der Waals surface area contributed by atoms with Crippen LogP contribution in [0.1, 0.15) is 34.9 Å². The van der Waals surface area contributed by atoms with Crippen LogP contribution in [-0.2, 0) is 6.54 Å². The Morgan fingerprint density at radius 1 is 1.40 bits per heavy atom. The molecule has 1 aromatic heterocycles. The summed E-state index contributed by atoms with van der Waals surface area (Å²) in [6.07, 6.45) is 4.00. The molecular weight excluding hydrogens is 276 g/mol. The van der Waals surface area contributed by atoms with Crippen LogP contribution in [0.25, 0.3) is 0 Å². The first-order valence-corrected chi connectivity index (χ1v) is 6.95. The molecule has 3 rings (SSSR count). The van der Waals surface area contributed by atoms with Crippen LogP contribution >= 0.6 is 11.6 Å². The number of phenolic OH excluding ortho intramolecular Hbond substituents is 1. The van der Waals surface area contributed by atoms with E-state index in [1.807, 2.05) is 16.8 Å². The zero-order chi connectivity index (χ0) is 14.1. The molecule has 2 aromatic rings. The maximum Gasteiger partial charge on any atom is 0.268 e. The number of nitrogens with zero attached hydrogens (tertiary/aromatic N) is 1. The smallest absolute Gasteiger partial charge is 0.268 e. The molecule has 0 aliphatic heterocycles. The lowest BCUT2D eigenvalue weighted by atomic mass is 10.2. The Morgan fingerprint density at radius 2 is 2.20 bits per heavy atom. The van der Waals surface area contributed by atoms with Crippen molar-refractivity contribution in [3.63, 3.8) is 0 Å². The summed E-state index contributed by atoms with van der Waals surface area (Å²) in [7, 11) is 0. The van der Waals surface area contributed by atoms with Crippen molar-refractivity contribution in [2.24, 2.45) is 0 Å². The lowest BCUT2D eigenvalue weighted by Gasteiger charge is -2.08. The number of rotatable bonds is 4. The number of benzene rings is 1. The molecule has 1 aliphatic carbocycles. The van der Waals surface area contributed by atoms with Crippen molar-refractivity contribution in [3.8, 4) is 5.75 Å². The van der Waals surface area contributed by atoms with Gasteiger partial charge in [0.05, 0.1) is 5.02 Å². The molecule has 20 heavy (non-hydrogen) atoms. The van der Waals surface area contributed by atoms with Crippen molar-refractivity contribution >= 4 is 17.5 Å². The fourth-order valence-corrected chi connectivity index (χ4v) is 2.43. The maximum absolute atomic E-state index is 12.2. The third kappa shape index (κ3) is 2.80. The molecule has 5 heteroatoms. The van der Waals surface area contributed by atoms with Crippen LogP contribution in [0.5, 0.6) is 5.75 Å². The van der Waals surface area contributed by atoms with Crippen LogP contribution < -0.4 is 5.32 Å². The normalized spacial score (nSPS) is 14.2. The fourth-order valence-electron chi connectivity index (χ4n) is 2.22. The molecule has 0 atom stereocenters. The zero-order valence-corrected chi connectivity index (χ0v) is 11.6. The van der Waals surface area contributed by atoms with E-state index in [9.17, 15) is 9.90 Å². The number of aromatic hydroxyl groups is 1. The van der Waals surface area contributed by atoms with Gasteiger partial charge in [-0.05, 0) is 36.6 Å². The second-order valence-corrected chi connectivity index (χ2v) is 5.47. The predicted molar refractivity (Wildman–Crippen MR) is 77.0 cm³/mol. The lowest BCUT2D eigenvalue weighted by molar-refractivity contribution is 0.0941. The Morgan fingerprint density at radius 3 is 2.90 bits per heavy atom. The first-order chi connectivity index (χ1) is 9.63. The van der Waals surface area contributed by atoms with Crippen molar-refractivity contribution in [2.75, 3.05) is 0 Å². The van der Waals surface area contributed by atoms with Gasteiger partial charge in [-0.3, -0.25) is 4.79 Å². The number of amides is 1. The average Bonchev–Trinajstić information content (AvgIpc) is 3.19. The summed E-state index contributed by atoms with van der Waals surface area (Å²) < 4.78 is 1.94. The molecule has 1 aromatic carbocycles. The molecule has 0 unspecified atom stereocenters. The molecule has 0 saturated heterocycles. The van der Waals surface area contributed by atoms with Crippen molar-refractivity contribution in [1.29, 1.82) is 0 Å². The molecule has 1 aliphatic rings. The average molecular weight is 291 g/mol. The molecular formula is C15H15ClN2O2. The first kappa shape index (κ1) is 13.1. The number of hydrogen-bond acceptors (Lipinski definition) is 2.